The van der Waals surface area contributed by atoms with Crippen LogP contribution in [0.5, 0.6) is 0 Å². The Bertz CT molecular complexity index is 1010. The van der Waals surface area contributed by atoms with Gasteiger partial charge in [-0.3, -0.25) is 14.4 Å². The van der Waals surface area contributed by atoms with Crippen molar-refractivity contribution in [2.45, 2.75) is 38.3 Å². The lowest BCUT2D eigenvalue weighted by Gasteiger charge is -2.29. The number of allylic oxidation sites excluding steroid dienone is 1. The molecule has 1 saturated heterocycles. The second-order valence-corrected chi connectivity index (χ2v) is 8.73. The number of likely N-dealkylation sites (N-methyl/N-ethyl adjacent to an activating group) is 1. The lowest BCUT2D eigenvalue weighted by Crippen LogP contribution is -2.48. The first kappa shape index (κ1) is 24.7. The Hall–Kier alpha value is -3.53. The summed E-state index contributed by atoms with van der Waals surface area (Å²) in [7, 11) is 1.59. The Morgan fingerprint density at radius 2 is 2.09 bits per heavy atom. The molecule has 12 nitrogen and oxygen atoms in total. The number of aliphatic carboxylic acids is 1. The van der Waals surface area contributed by atoms with Crippen LogP contribution >= 0.6 is 0 Å². The van der Waals surface area contributed by atoms with E-state index in [1.807, 2.05) is 0 Å². The Balaban J connectivity index is 2.20. The van der Waals surface area contributed by atoms with Crippen molar-refractivity contribution in [3.05, 3.63) is 43.5 Å². The van der Waals surface area contributed by atoms with Gasteiger partial charge in [-0.25, -0.2) is 4.79 Å². The van der Waals surface area contributed by atoms with Gasteiger partial charge in [-0.15, -0.1) is 6.58 Å². The van der Waals surface area contributed by atoms with Crippen LogP contribution in [0.1, 0.15) is 27.2 Å². The number of hydrogen-bond acceptors (Lipinski definition) is 8. The van der Waals surface area contributed by atoms with E-state index < -0.39 is 40.0 Å². The summed E-state index contributed by atoms with van der Waals surface area (Å²) < 4.78 is 5.15. The summed E-state index contributed by atoms with van der Waals surface area (Å²) in [6.45, 7) is 9.05. The quantitative estimate of drug-likeness (QED) is 0.188. The minimum absolute atomic E-state index is 0.0834. The van der Waals surface area contributed by atoms with Crippen LogP contribution in [0.2, 0.25) is 0 Å². The molecule has 1 aromatic rings. The molecule has 12 heteroatoms. The standard InChI is InChI=1S/C20H28N6O6/c1-6-7-12-10-26(11-20(12,17(29)30)23-24-21)14-13(15(27)16(14)28)25(5)9-8-22-18(31)32-19(2,3)4/h6,12H,1,7-11H2,2-5H3,(H,22,31)(H,29,30)/t12-,20-/m0/s1. The minimum Gasteiger partial charge on any atom is -0.481 e. The number of nitrogens with one attached hydrogen (secondary N) is 1. The molecule has 0 spiro atoms. The van der Waals surface area contributed by atoms with E-state index in [4.69, 9.17) is 10.3 Å². The van der Waals surface area contributed by atoms with Crippen LogP contribution in [-0.2, 0) is 9.53 Å². The van der Waals surface area contributed by atoms with Crippen LogP contribution in [0.3, 0.4) is 0 Å². The lowest BCUT2D eigenvalue weighted by atomic mass is 9.85. The first-order valence-corrected chi connectivity index (χ1v) is 10.0. The topological polar surface area (TPSA) is 165 Å². The van der Waals surface area contributed by atoms with Gasteiger partial charge in [0.05, 0.1) is 0 Å². The molecule has 1 fully saturated rings. The number of nitrogens with zero attached hydrogens (tertiary/aromatic N) is 5. The van der Waals surface area contributed by atoms with Crippen LogP contribution < -0.4 is 26.0 Å². The van der Waals surface area contributed by atoms with Gasteiger partial charge in [-0.05, 0) is 32.7 Å². The Labute approximate surface area is 184 Å². The normalized spacial score (nSPS) is 20.5. The van der Waals surface area contributed by atoms with Gasteiger partial charge in [0, 0.05) is 44.1 Å². The minimum atomic E-state index is -1.78. The zero-order valence-electron chi connectivity index (χ0n) is 18.6. The van der Waals surface area contributed by atoms with Crippen molar-refractivity contribution in [3.63, 3.8) is 0 Å². The van der Waals surface area contributed by atoms with Crippen molar-refractivity contribution in [2.24, 2.45) is 11.0 Å². The van der Waals surface area contributed by atoms with E-state index in [2.05, 4.69) is 21.9 Å². The van der Waals surface area contributed by atoms with Crippen LogP contribution in [0.25, 0.3) is 10.4 Å². The van der Waals surface area contributed by atoms with Crippen molar-refractivity contribution in [2.75, 3.05) is 43.0 Å². The highest BCUT2D eigenvalue weighted by Gasteiger charge is 2.53. The Morgan fingerprint density at radius 1 is 1.44 bits per heavy atom. The largest absolute Gasteiger partial charge is 0.481 e. The van der Waals surface area contributed by atoms with Crippen molar-refractivity contribution in [1.29, 1.82) is 0 Å². The number of carboxylic acids is 1. The van der Waals surface area contributed by atoms with Gasteiger partial charge in [-0.1, -0.05) is 11.2 Å². The molecular weight excluding hydrogens is 420 g/mol. The number of ether oxygens (including phenoxy) is 1. The maximum absolute atomic E-state index is 12.4. The smallest absolute Gasteiger partial charge is 0.407 e. The van der Waals surface area contributed by atoms with Gasteiger partial charge in [0.1, 0.15) is 17.0 Å². The van der Waals surface area contributed by atoms with Gasteiger partial charge in [0.2, 0.25) is 0 Å². The van der Waals surface area contributed by atoms with Crippen molar-refractivity contribution >= 4 is 23.4 Å². The average Bonchev–Trinajstić information content (AvgIpc) is 3.03. The van der Waals surface area contributed by atoms with Gasteiger partial charge in [0.25, 0.3) is 10.9 Å². The number of amides is 1. The fourth-order valence-corrected chi connectivity index (χ4v) is 3.79. The third-order valence-electron chi connectivity index (χ3n) is 5.27. The molecule has 1 aromatic carbocycles. The highest BCUT2D eigenvalue weighted by molar-refractivity contribution is 5.84. The van der Waals surface area contributed by atoms with Crippen LogP contribution in [0, 0.1) is 5.92 Å². The summed E-state index contributed by atoms with van der Waals surface area (Å²) in [6, 6.07) is 0. The molecule has 0 aliphatic carbocycles. The number of carbonyl (C=O) groups is 2. The zero-order valence-corrected chi connectivity index (χ0v) is 18.6. The van der Waals surface area contributed by atoms with Crippen LogP contribution in [-0.4, -0.2) is 61.5 Å². The molecule has 1 amide bonds. The van der Waals surface area contributed by atoms with Crippen molar-refractivity contribution in [3.8, 4) is 0 Å². The van der Waals surface area contributed by atoms with E-state index in [9.17, 15) is 24.3 Å². The molecule has 0 aromatic heterocycles. The molecule has 0 saturated carbocycles. The maximum Gasteiger partial charge on any atom is 0.407 e. The highest BCUT2D eigenvalue weighted by Crippen LogP contribution is 2.39. The van der Waals surface area contributed by atoms with Crippen LogP contribution in [0.4, 0.5) is 16.2 Å². The molecular formula is C20H28N6O6. The second kappa shape index (κ2) is 9.31. The first-order chi connectivity index (χ1) is 14.9. The predicted octanol–water partition coefficient (Wildman–Crippen LogP) is 1.39. The number of carbonyl (C=O) groups excluding carboxylic acids is 1. The SMILES string of the molecule is C=CC[C@H]1CN(c2c(N(C)CCNC(=O)OC(C)(C)C)c(=O)c2=O)C[C@@]1(N=[N+]=[N-])C(=O)O. The third-order valence-corrected chi connectivity index (χ3v) is 5.27. The van der Waals surface area contributed by atoms with Gasteiger partial charge < -0.3 is 25.0 Å². The molecule has 2 atom stereocenters. The van der Waals surface area contributed by atoms with Gasteiger partial charge in [0.15, 0.2) is 5.54 Å². The van der Waals surface area contributed by atoms with E-state index in [0.717, 1.165) is 0 Å². The molecule has 1 heterocycles. The number of anilines is 2. The molecule has 2 rings (SSSR count). The Morgan fingerprint density at radius 3 is 2.62 bits per heavy atom. The van der Waals surface area contributed by atoms with Gasteiger partial charge >= 0.3 is 12.1 Å². The summed E-state index contributed by atoms with van der Waals surface area (Å²) in [5.74, 6) is -1.93. The summed E-state index contributed by atoms with van der Waals surface area (Å²) in [4.78, 5) is 54.1. The lowest BCUT2D eigenvalue weighted by molar-refractivity contribution is -0.143. The molecule has 174 valence electrons. The molecule has 0 bridgehead atoms. The third kappa shape index (κ3) is 4.86. The van der Waals surface area contributed by atoms with E-state index in [0.29, 0.717) is 0 Å². The summed E-state index contributed by atoms with van der Waals surface area (Å²) in [5, 5.41) is 15.9. The van der Waals surface area contributed by atoms with E-state index in [-0.39, 0.29) is 44.0 Å². The number of hydrogen-bond donors (Lipinski definition) is 2. The number of rotatable bonds is 9. The molecule has 0 radical (unpaired) electrons. The zero-order chi connectivity index (χ0) is 24.3. The fraction of sp³-hybridized carbons (Fsp3) is 0.600. The van der Waals surface area contributed by atoms with Crippen molar-refractivity contribution in [1.82, 2.24) is 5.32 Å². The molecule has 1 aliphatic heterocycles. The van der Waals surface area contributed by atoms with Gasteiger partial charge in [-0.2, -0.15) is 0 Å². The van der Waals surface area contributed by atoms with Crippen molar-refractivity contribution < 1.29 is 19.4 Å². The highest BCUT2D eigenvalue weighted by atomic mass is 16.6. The first-order valence-electron chi connectivity index (χ1n) is 10.0. The predicted molar refractivity (Wildman–Crippen MR) is 119 cm³/mol. The summed E-state index contributed by atoms with van der Waals surface area (Å²) in [6.07, 6.45) is 1.17. The van der Waals surface area contributed by atoms with E-state index in [1.165, 1.54) is 15.9 Å². The monoisotopic (exact) mass is 448 g/mol. The summed E-state index contributed by atoms with van der Waals surface area (Å²) in [5.41, 5.74) is 5.28. The molecule has 1 aliphatic rings. The summed E-state index contributed by atoms with van der Waals surface area (Å²) >= 11 is 0. The molecule has 0 unspecified atom stereocenters. The van der Waals surface area contributed by atoms with E-state index >= 15 is 0 Å². The average molecular weight is 448 g/mol. The number of carboxylic acid groups (broad SMARTS) is 1. The Kier molecular flexibility index (Phi) is 7.20. The molecule has 32 heavy (non-hydrogen) atoms. The number of alkyl carbamates (subject to hydrolysis) is 1. The maximum atomic E-state index is 12.4. The second-order valence-electron chi connectivity index (χ2n) is 8.73. The fourth-order valence-electron chi connectivity index (χ4n) is 3.79. The van der Waals surface area contributed by atoms with E-state index in [1.54, 1.807) is 27.8 Å². The number of azide groups is 1. The van der Waals surface area contributed by atoms with Crippen LogP contribution in [0.15, 0.2) is 27.4 Å². The molecule has 2 N–H and O–H groups in total.